The van der Waals surface area contributed by atoms with E-state index in [9.17, 15) is 0 Å². The third-order valence-corrected chi connectivity index (χ3v) is 12.6. The SMILES string of the molecule is c1ccc(C2[N-]C(c3ccccc3)NC(c3cccc4sc5cc(-c6ccccc6N(c6ccc7ccccc7c6)c6cccc7ccccc67)ccc5c34)N2)cc1. The standard InChI is InChI=1S/C53H39N4S/c1-3-17-37(18-4-1)51-54-52(38-19-5-2-6-20-38)56-53(55-51)45-25-14-28-48-50(45)44-32-30-40(34-49(44)58-48)43-24-11-12-26-46(43)57(41-31-29-35-15-7-8-21-39(35)33-41)47-27-13-22-36-16-9-10-23-42(36)47/h1-34,51-53,55-56H/q-1. The monoisotopic (exact) mass is 763 g/mol. The molecule has 5 heteroatoms. The van der Waals surface area contributed by atoms with Gasteiger partial charge >= 0.3 is 0 Å². The van der Waals surface area contributed by atoms with E-state index in [2.05, 4.69) is 222 Å². The Morgan fingerprint density at radius 1 is 0.448 bits per heavy atom. The molecule has 0 aliphatic carbocycles. The van der Waals surface area contributed by atoms with Gasteiger partial charge in [-0.1, -0.05) is 193 Å². The molecule has 1 aromatic heterocycles. The quantitative estimate of drug-likeness (QED) is 0.170. The minimum absolute atomic E-state index is 0.119. The highest BCUT2D eigenvalue weighted by Gasteiger charge is 2.25. The molecular formula is C53H39N4S-. The zero-order valence-corrected chi connectivity index (χ0v) is 32.5. The first-order valence-electron chi connectivity index (χ1n) is 19.9. The molecule has 0 bridgehead atoms. The number of fused-ring (bicyclic) bond motifs is 5. The molecule has 2 heterocycles. The van der Waals surface area contributed by atoms with E-state index in [0.29, 0.717) is 0 Å². The summed E-state index contributed by atoms with van der Waals surface area (Å²) in [5.74, 6) is 0. The summed E-state index contributed by atoms with van der Waals surface area (Å²) in [4.78, 5) is 2.44. The molecule has 4 nitrogen and oxygen atoms in total. The van der Waals surface area contributed by atoms with Gasteiger partial charge in [0.2, 0.25) is 0 Å². The minimum Gasteiger partial charge on any atom is -0.624 e. The van der Waals surface area contributed by atoms with Gasteiger partial charge in [0.05, 0.1) is 17.5 Å². The minimum atomic E-state index is -0.159. The van der Waals surface area contributed by atoms with E-state index in [1.807, 2.05) is 11.3 Å². The topological polar surface area (TPSA) is 41.4 Å². The van der Waals surface area contributed by atoms with E-state index < -0.39 is 0 Å². The number of nitrogens with one attached hydrogen (secondary N) is 2. The van der Waals surface area contributed by atoms with Crippen molar-refractivity contribution in [3.05, 3.63) is 228 Å². The van der Waals surface area contributed by atoms with Crippen LogP contribution >= 0.6 is 11.3 Å². The normalized spacial score (nSPS) is 16.9. The largest absolute Gasteiger partial charge is 0.624 e. The third kappa shape index (κ3) is 6.22. The van der Waals surface area contributed by atoms with Crippen molar-refractivity contribution < 1.29 is 0 Å². The molecule has 278 valence electrons. The van der Waals surface area contributed by atoms with Crippen molar-refractivity contribution >= 4 is 70.1 Å². The number of hydrogen-bond acceptors (Lipinski definition) is 4. The second-order valence-corrected chi connectivity index (χ2v) is 16.0. The summed E-state index contributed by atoms with van der Waals surface area (Å²) in [5, 5.41) is 20.4. The maximum Gasteiger partial charge on any atom is 0.0821 e. The highest BCUT2D eigenvalue weighted by molar-refractivity contribution is 7.25. The van der Waals surface area contributed by atoms with Crippen molar-refractivity contribution in [2.45, 2.75) is 18.5 Å². The Bertz CT molecular complexity index is 3030. The van der Waals surface area contributed by atoms with Gasteiger partial charge in [0.25, 0.3) is 0 Å². The summed E-state index contributed by atoms with van der Waals surface area (Å²) in [7, 11) is 0. The molecule has 0 amide bonds. The molecular weight excluding hydrogens is 725 g/mol. The Labute approximate surface area is 342 Å². The van der Waals surface area contributed by atoms with Crippen LogP contribution in [0.5, 0.6) is 0 Å². The summed E-state index contributed by atoms with van der Waals surface area (Å²) in [5.41, 5.74) is 9.30. The molecule has 9 aromatic carbocycles. The van der Waals surface area contributed by atoms with Crippen molar-refractivity contribution in [1.82, 2.24) is 10.6 Å². The van der Waals surface area contributed by atoms with Crippen LogP contribution in [0.3, 0.4) is 0 Å². The number of benzene rings is 9. The van der Waals surface area contributed by atoms with Gasteiger partial charge < -0.3 is 20.9 Å². The van der Waals surface area contributed by atoms with Gasteiger partial charge in [-0.25, -0.2) is 0 Å². The lowest BCUT2D eigenvalue weighted by molar-refractivity contribution is 0.318. The second-order valence-electron chi connectivity index (χ2n) is 15.0. The Morgan fingerprint density at radius 3 is 1.88 bits per heavy atom. The molecule has 0 saturated carbocycles. The van der Waals surface area contributed by atoms with Crippen molar-refractivity contribution in [2.75, 3.05) is 4.90 Å². The maximum atomic E-state index is 5.25. The van der Waals surface area contributed by atoms with Gasteiger partial charge in [0.1, 0.15) is 0 Å². The Hall–Kier alpha value is -6.60. The Balaban J connectivity index is 1.03. The predicted octanol–water partition coefficient (Wildman–Crippen LogP) is 14.5. The maximum absolute atomic E-state index is 5.25. The Morgan fingerprint density at radius 2 is 1.09 bits per heavy atom. The van der Waals surface area contributed by atoms with E-state index in [-0.39, 0.29) is 18.5 Å². The van der Waals surface area contributed by atoms with E-state index >= 15 is 0 Å². The lowest BCUT2D eigenvalue weighted by Gasteiger charge is -2.50. The molecule has 58 heavy (non-hydrogen) atoms. The zero-order valence-electron chi connectivity index (χ0n) is 31.7. The summed E-state index contributed by atoms with van der Waals surface area (Å²) >= 11 is 1.86. The molecule has 2 atom stereocenters. The lowest BCUT2D eigenvalue weighted by Crippen LogP contribution is -2.44. The summed E-state index contributed by atoms with van der Waals surface area (Å²) < 4.78 is 2.53. The van der Waals surface area contributed by atoms with E-state index in [1.165, 1.54) is 58.4 Å². The van der Waals surface area contributed by atoms with Crippen LogP contribution in [-0.4, -0.2) is 0 Å². The van der Waals surface area contributed by atoms with Crippen LogP contribution < -0.4 is 15.5 Å². The number of hydrogen-bond donors (Lipinski definition) is 2. The third-order valence-electron chi connectivity index (χ3n) is 11.5. The van der Waals surface area contributed by atoms with Crippen molar-refractivity contribution in [1.29, 1.82) is 0 Å². The fourth-order valence-corrected chi connectivity index (χ4v) is 9.89. The van der Waals surface area contributed by atoms with Crippen LogP contribution in [0.1, 0.15) is 35.2 Å². The molecule has 0 radical (unpaired) electrons. The van der Waals surface area contributed by atoms with Gasteiger partial charge in [-0.05, 0) is 63.7 Å². The second kappa shape index (κ2) is 14.7. The van der Waals surface area contributed by atoms with Crippen molar-refractivity contribution in [2.24, 2.45) is 0 Å². The van der Waals surface area contributed by atoms with E-state index in [0.717, 1.165) is 28.2 Å². The summed E-state index contributed by atoms with van der Waals surface area (Å²) in [6.07, 6.45) is -0.438. The van der Waals surface area contributed by atoms with E-state index in [4.69, 9.17) is 5.32 Å². The molecule has 10 aromatic rings. The fraction of sp³-hybridized carbons (Fsp3) is 0.0566. The molecule has 1 fully saturated rings. The number of rotatable bonds is 7. The molecule has 0 spiro atoms. The number of para-hydroxylation sites is 1. The molecule has 2 N–H and O–H groups in total. The van der Waals surface area contributed by atoms with Crippen molar-refractivity contribution in [3.8, 4) is 11.1 Å². The number of thiophene rings is 1. The van der Waals surface area contributed by atoms with Gasteiger partial charge in [-0.2, -0.15) is 0 Å². The van der Waals surface area contributed by atoms with Crippen LogP contribution in [0.15, 0.2) is 206 Å². The first kappa shape index (κ1) is 34.6. The molecule has 1 aliphatic heterocycles. The molecule has 2 unspecified atom stereocenters. The lowest BCUT2D eigenvalue weighted by atomic mass is 9.97. The van der Waals surface area contributed by atoms with Crippen LogP contribution in [0, 0.1) is 0 Å². The summed E-state index contributed by atoms with van der Waals surface area (Å²) in [6.45, 7) is 0. The van der Waals surface area contributed by atoms with E-state index in [1.54, 1.807) is 0 Å². The molecule has 1 aliphatic rings. The number of anilines is 3. The molecule has 11 rings (SSSR count). The zero-order chi connectivity index (χ0) is 38.4. The first-order chi connectivity index (χ1) is 28.7. The van der Waals surface area contributed by atoms with Gasteiger partial charge in [-0.15, -0.1) is 11.3 Å². The van der Waals surface area contributed by atoms with Crippen LogP contribution in [-0.2, 0) is 0 Å². The van der Waals surface area contributed by atoms with Crippen LogP contribution in [0.4, 0.5) is 17.1 Å². The smallest absolute Gasteiger partial charge is 0.0821 e. The first-order valence-corrected chi connectivity index (χ1v) is 20.7. The van der Waals surface area contributed by atoms with Crippen molar-refractivity contribution in [3.63, 3.8) is 0 Å². The predicted molar refractivity (Wildman–Crippen MR) is 245 cm³/mol. The molecule has 1 saturated heterocycles. The summed E-state index contributed by atoms with van der Waals surface area (Å²) in [6, 6.07) is 74.4. The van der Waals surface area contributed by atoms with Gasteiger partial charge in [-0.3, -0.25) is 0 Å². The highest BCUT2D eigenvalue weighted by atomic mass is 32.1. The Kier molecular flexibility index (Phi) is 8.79. The fourth-order valence-electron chi connectivity index (χ4n) is 8.71. The highest BCUT2D eigenvalue weighted by Crippen LogP contribution is 2.47. The van der Waals surface area contributed by atoms with Crippen LogP contribution in [0.25, 0.3) is 58.2 Å². The average Bonchev–Trinajstić information content (AvgIpc) is 3.68. The van der Waals surface area contributed by atoms with Gasteiger partial charge in [0, 0.05) is 36.8 Å². The average molecular weight is 764 g/mol. The number of nitrogens with zero attached hydrogens (tertiary/aromatic N) is 2. The van der Waals surface area contributed by atoms with Crippen LogP contribution in [0.2, 0.25) is 0 Å². The van der Waals surface area contributed by atoms with Gasteiger partial charge in [0.15, 0.2) is 0 Å².